The van der Waals surface area contributed by atoms with Crippen LogP contribution in [0.5, 0.6) is 0 Å². The summed E-state index contributed by atoms with van der Waals surface area (Å²) < 4.78 is 0. The van der Waals surface area contributed by atoms with Crippen molar-refractivity contribution in [1.29, 1.82) is 0 Å². The summed E-state index contributed by atoms with van der Waals surface area (Å²) in [4.78, 5) is 7.78. The first-order chi connectivity index (χ1) is 13.1. The number of hydrogen-bond donors (Lipinski definition) is 0. The molecule has 0 saturated heterocycles. The van der Waals surface area contributed by atoms with Crippen molar-refractivity contribution in [3.05, 3.63) is 0 Å². The molecule has 0 fully saturated rings. The smallest absolute Gasteiger partial charge is 0.0109 e. The molecule has 0 aromatic heterocycles. The molecule has 0 heterocycles. The highest BCUT2D eigenvalue weighted by atomic mass is 15.2. The quantitative estimate of drug-likeness (QED) is 0.229. The van der Waals surface area contributed by atoms with Gasteiger partial charge < -0.3 is 14.7 Å². The van der Waals surface area contributed by atoms with Crippen LogP contribution in [0.2, 0.25) is 0 Å². The van der Waals surface area contributed by atoms with Crippen molar-refractivity contribution in [2.75, 3.05) is 59.9 Å². The molecular formula is C24H53N3. The van der Waals surface area contributed by atoms with Crippen LogP contribution in [0.25, 0.3) is 0 Å². The first-order valence-electron chi connectivity index (χ1n) is 12.2. The Morgan fingerprint density at radius 3 is 1.19 bits per heavy atom. The van der Waals surface area contributed by atoms with E-state index in [1.807, 2.05) is 0 Å². The lowest BCUT2D eigenvalue weighted by Gasteiger charge is -2.27. The molecule has 0 aliphatic rings. The molecule has 0 spiro atoms. The highest BCUT2D eigenvalue weighted by Crippen LogP contribution is 2.06. The number of hydrogen-bond acceptors (Lipinski definition) is 3. The Morgan fingerprint density at radius 2 is 0.741 bits per heavy atom. The van der Waals surface area contributed by atoms with Crippen LogP contribution in [0, 0.1) is 0 Å². The van der Waals surface area contributed by atoms with Gasteiger partial charge in [0.15, 0.2) is 0 Å². The van der Waals surface area contributed by atoms with Crippen molar-refractivity contribution in [1.82, 2.24) is 14.7 Å². The topological polar surface area (TPSA) is 9.72 Å². The first-order valence-corrected chi connectivity index (χ1v) is 12.2. The van der Waals surface area contributed by atoms with E-state index in [0.29, 0.717) is 0 Å². The molecule has 0 rings (SSSR count). The number of likely N-dealkylation sites (N-methyl/N-ethyl adjacent to an activating group) is 2. The molecule has 27 heavy (non-hydrogen) atoms. The predicted octanol–water partition coefficient (Wildman–Crippen LogP) is 5.89. The second-order valence-electron chi connectivity index (χ2n) is 8.63. The maximum atomic E-state index is 2.73. The molecule has 0 unspecified atom stereocenters. The van der Waals surface area contributed by atoms with Crippen LogP contribution in [-0.4, -0.2) is 74.6 Å². The lowest BCUT2D eigenvalue weighted by atomic mass is 10.1. The largest absolute Gasteiger partial charge is 0.305 e. The second-order valence-corrected chi connectivity index (χ2v) is 8.63. The van der Waals surface area contributed by atoms with Crippen molar-refractivity contribution in [3.63, 3.8) is 0 Å². The molecule has 0 aromatic carbocycles. The molecule has 0 saturated carbocycles. The third-order valence-corrected chi connectivity index (χ3v) is 5.71. The first kappa shape index (κ1) is 26.9. The van der Waals surface area contributed by atoms with Crippen molar-refractivity contribution in [2.24, 2.45) is 0 Å². The molecule has 0 bridgehead atoms. The zero-order valence-corrected chi connectivity index (χ0v) is 19.8. The van der Waals surface area contributed by atoms with Crippen LogP contribution in [0.4, 0.5) is 0 Å². The Labute approximate surface area is 172 Å². The SMILES string of the molecule is CCCCCCN(C)CCN(C)CCN(CCCCCC)CCCCCC. The van der Waals surface area contributed by atoms with Crippen LogP contribution >= 0.6 is 0 Å². The van der Waals surface area contributed by atoms with E-state index in [4.69, 9.17) is 0 Å². The van der Waals surface area contributed by atoms with E-state index >= 15 is 0 Å². The number of unbranched alkanes of at least 4 members (excludes halogenated alkanes) is 9. The maximum Gasteiger partial charge on any atom is 0.0109 e. The molecule has 0 aliphatic carbocycles. The Morgan fingerprint density at radius 1 is 0.370 bits per heavy atom. The highest BCUT2D eigenvalue weighted by molar-refractivity contribution is 4.64. The third kappa shape index (κ3) is 19.0. The average molecular weight is 384 g/mol. The van der Waals surface area contributed by atoms with Gasteiger partial charge in [-0.25, -0.2) is 0 Å². The average Bonchev–Trinajstić information content (AvgIpc) is 2.67. The van der Waals surface area contributed by atoms with E-state index in [1.165, 1.54) is 123 Å². The molecular weight excluding hydrogens is 330 g/mol. The Bertz CT molecular complexity index is 271. The van der Waals surface area contributed by atoms with Gasteiger partial charge >= 0.3 is 0 Å². The van der Waals surface area contributed by atoms with Crippen LogP contribution in [0.3, 0.4) is 0 Å². The highest BCUT2D eigenvalue weighted by Gasteiger charge is 2.08. The van der Waals surface area contributed by atoms with Gasteiger partial charge in [0.1, 0.15) is 0 Å². The number of rotatable bonds is 21. The zero-order chi connectivity index (χ0) is 20.2. The van der Waals surface area contributed by atoms with Gasteiger partial charge in [0, 0.05) is 26.2 Å². The molecule has 0 amide bonds. The maximum absolute atomic E-state index is 2.73. The normalized spacial score (nSPS) is 12.0. The summed E-state index contributed by atoms with van der Waals surface area (Å²) in [6.07, 6.45) is 16.5. The minimum absolute atomic E-state index is 1.20. The molecule has 0 aliphatic heterocycles. The lowest BCUT2D eigenvalue weighted by Crippen LogP contribution is -2.37. The van der Waals surface area contributed by atoms with Gasteiger partial charge in [0.05, 0.1) is 0 Å². The van der Waals surface area contributed by atoms with Gasteiger partial charge in [0.2, 0.25) is 0 Å². The molecule has 3 heteroatoms. The van der Waals surface area contributed by atoms with Crippen LogP contribution < -0.4 is 0 Å². The molecule has 0 aromatic rings. The summed E-state index contributed by atoms with van der Waals surface area (Å²) >= 11 is 0. The fourth-order valence-electron chi connectivity index (χ4n) is 3.55. The third-order valence-electron chi connectivity index (χ3n) is 5.71. The summed E-state index contributed by atoms with van der Waals surface area (Å²) in [5.41, 5.74) is 0. The second kappa shape index (κ2) is 20.6. The molecule has 0 radical (unpaired) electrons. The summed E-state index contributed by atoms with van der Waals surface area (Å²) in [5.74, 6) is 0. The summed E-state index contributed by atoms with van der Waals surface area (Å²) in [6.45, 7) is 15.6. The van der Waals surface area contributed by atoms with Crippen LogP contribution in [0.15, 0.2) is 0 Å². The molecule has 0 N–H and O–H groups in total. The van der Waals surface area contributed by atoms with E-state index in [0.717, 1.165) is 0 Å². The van der Waals surface area contributed by atoms with E-state index in [9.17, 15) is 0 Å². The minimum Gasteiger partial charge on any atom is -0.305 e. The van der Waals surface area contributed by atoms with Crippen LogP contribution in [-0.2, 0) is 0 Å². The number of nitrogens with zero attached hydrogens (tertiary/aromatic N) is 3. The molecule has 3 nitrogen and oxygen atoms in total. The fraction of sp³-hybridized carbons (Fsp3) is 1.00. The van der Waals surface area contributed by atoms with Gasteiger partial charge in [-0.2, -0.15) is 0 Å². The Balaban J connectivity index is 3.95. The Kier molecular flexibility index (Phi) is 20.5. The fourth-order valence-corrected chi connectivity index (χ4v) is 3.55. The van der Waals surface area contributed by atoms with Crippen molar-refractivity contribution >= 4 is 0 Å². The predicted molar refractivity (Wildman–Crippen MR) is 124 cm³/mol. The minimum atomic E-state index is 1.20. The van der Waals surface area contributed by atoms with Crippen molar-refractivity contribution in [3.8, 4) is 0 Å². The Hall–Kier alpha value is -0.120. The van der Waals surface area contributed by atoms with E-state index in [2.05, 4.69) is 49.6 Å². The summed E-state index contributed by atoms with van der Waals surface area (Å²) in [7, 11) is 4.59. The van der Waals surface area contributed by atoms with Gasteiger partial charge in [-0.15, -0.1) is 0 Å². The summed E-state index contributed by atoms with van der Waals surface area (Å²) in [5, 5.41) is 0. The van der Waals surface area contributed by atoms with Crippen LogP contribution in [0.1, 0.15) is 97.8 Å². The van der Waals surface area contributed by atoms with E-state index < -0.39 is 0 Å². The standard InChI is InChI=1S/C24H53N3/c1-6-9-12-15-18-25(4)21-22-26(5)23-24-27(19-16-13-10-7-2)20-17-14-11-8-3/h6-24H2,1-5H3. The summed E-state index contributed by atoms with van der Waals surface area (Å²) in [6, 6.07) is 0. The molecule has 0 atom stereocenters. The lowest BCUT2D eigenvalue weighted by molar-refractivity contribution is 0.202. The van der Waals surface area contributed by atoms with Crippen molar-refractivity contribution in [2.45, 2.75) is 97.8 Å². The molecule has 164 valence electrons. The van der Waals surface area contributed by atoms with Gasteiger partial charge in [0.25, 0.3) is 0 Å². The van der Waals surface area contributed by atoms with Gasteiger partial charge in [-0.05, 0) is 53.0 Å². The van der Waals surface area contributed by atoms with E-state index in [-0.39, 0.29) is 0 Å². The zero-order valence-electron chi connectivity index (χ0n) is 19.8. The monoisotopic (exact) mass is 383 g/mol. The van der Waals surface area contributed by atoms with Gasteiger partial charge in [-0.1, -0.05) is 78.6 Å². The van der Waals surface area contributed by atoms with Crippen molar-refractivity contribution < 1.29 is 0 Å². The van der Waals surface area contributed by atoms with Gasteiger partial charge in [-0.3, -0.25) is 0 Å². The van der Waals surface area contributed by atoms with E-state index in [1.54, 1.807) is 0 Å².